The summed E-state index contributed by atoms with van der Waals surface area (Å²) in [5, 5.41) is 0. The maximum Gasteiger partial charge on any atom is 0.247 e. The van der Waals surface area contributed by atoms with Gasteiger partial charge in [-0.3, -0.25) is 0 Å². The average molecular weight is 173 g/mol. The molecule has 0 atom stereocenters. The monoisotopic (exact) mass is 172 g/mol. The first-order valence-corrected chi connectivity index (χ1v) is 3.20. The minimum Gasteiger partial charge on any atom is -0.196 e. The van der Waals surface area contributed by atoms with Crippen LogP contribution in [0.1, 0.15) is 0 Å². The SMILES string of the molecule is C[n+]1ccccc1Br. The van der Waals surface area contributed by atoms with E-state index in [9.17, 15) is 0 Å². The number of rotatable bonds is 0. The van der Waals surface area contributed by atoms with Crippen LogP contribution in [-0.2, 0) is 7.05 Å². The Morgan fingerprint density at radius 1 is 1.50 bits per heavy atom. The fourth-order valence-corrected chi connectivity index (χ4v) is 0.773. The molecule has 42 valence electrons. The molecule has 0 N–H and O–H groups in total. The molecule has 1 nitrogen and oxygen atoms in total. The third kappa shape index (κ3) is 1.07. The van der Waals surface area contributed by atoms with Gasteiger partial charge in [-0.2, -0.15) is 4.57 Å². The maximum absolute atomic E-state index is 3.36. The first-order chi connectivity index (χ1) is 3.80. The van der Waals surface area contributed by atoms with Gasteiger partial charge in [0.25, 0.3) is 0 Å². The largest absolute Gasteiger partial charge is 0.247 e. The normalized spacial score (nSPS) is 9.25. The van der Waals surface area contributed by atoms with Gasteiger partial charge in [0.2, 0.25) is 4.60 Å². The minimum absolute atomic E-state index is 1.10. The average Bonchev–Trinajstić information content (AvgIpc) is 1.77. The van der Waals surface area contributed by atoms with Gasteiger partial charge in [-0.25, -0.2) is 0 Å². The van der Waals surface area contributed by atoms with Crippen molar-refractivity contribution in [2.24, 2.45) is 7.05 Å². The highest BCUT2D eigenvalue weighted by atomic mass is 79.9. The molecule has 0 saturated heterocycles. The number of pyridine rings is 1. The van der Waals surface area contributed by atoms with Crippen LogP contribution in [0.3, 0.4) is 0 Å². The Morgan fingerprint density at radius 3 is 2.62 bits per heavy atom. The summed E-state index contributed by atoms with van der Waals surface area (Å²) < 4.78 is 3.10. The molecule has 0 aliphatic heterocycles. The fraction of sp³-hybridized carbons (Fsp3) is 0.167. The van der Waals surface area contributed by atoms with E-state index in [2.05, 4.69) is 15.9 Å². The van der Waals surface area contributed by atoms with E-state index in [1.165, 1.54) is 0 Å². The first kappa shape index (κ1) is 5.76. The Morgan fingerprint density at radius 2 is 2.25 bits per heavy atom. The lowest BCUT2D eigenvalue weighted by Gasteiger charge is -1.85. The van der Waals surface area contributed by atoms with Gasteiger partial charge in [0.1, 0.15) is 7.05 Å². The molecular weight excluding hydrogens is 166 g/mol. The second-order valence-corrected chi connectivity index (χ2v) is 2.45. The molecule has 0 aliphatic carbocycles. The minimum atomic E-state index is 1.10. The summed E-state index contributed by atoms with van der Waals surface area (Å²) >= 11 is 3.36. The molecule has 0 amide bonds. The Hall–Kier alpha value is -0.370. The lowest BCUT2D eigenvalue weighted by atomic mass is 10.5. The van der Waals surface area contributed by atoms with E-state index in [1.54, 1.807) is 0 Å². The Bertz CT molecular complexity index is 165. The highest BCUT2D eigenvalue weighted by molar-refractivity contribution is 9.10. The molecule has 0 unspecified atom stereocenters. The summed E-state index contributed by atoms with van der Waals surface area (Å²) in [5.74, 6) is 0. The maximum atomic E-state index is 3.36. The second-order valence-electron chi connectivity index (χ2n) is 1.63. The van der Waals surface area contributed by atoms with E-state index in [-0.39, 0.29) is 0 Å². The van der Waals surface area contributed by atoms with Gasteiger partial charge in [-0.15, -0.1) is 0 Å². The molecule has 8 heavy (non-hydrogen) atoms. The van der Waals surface area contributed by atoms with Crippen molar-refractivity contribution in [1.29, 1.82) is 0 Å². The number of aryl methyl sites for hydroxylation is 1. The molecule has 0 spiro atoms. The van der Waals surface area contributed by atoms with E-state index < -0.39 is 0 Å². The van der Waals surface area contributed by atoms with Crippen LogP contribution < -0.4 is 4.57 Å². The number of halogens is 1. The quantitative estimate of drug-likeness (QED) is 0.411. The zero-order chi connectivity index (χ0) is 5.98. The van der Waals surface area contributed by atoms with Gasteiger partial charge >= 0.3 is 0 Å². The Balaban J connectivity index is 3.13. The summed E-state index contributed by atoms with van der Waals surface area (Å²) in [5.41, 5.74) is 0. The van der Waals surface area contributed by atoms with Gasteiger partial charge < -0.3 is 0 Å². The zero-order valence-electron chi connectivity index (χ0n) is 4.63. The predicted octanol–water partition coefficient (Wildman–Crippen LogP) is 1.27. The van der Waals surface area contributed by atoms with Crippen molar-refractivity contribution < 1.29 is 4.57 Å². The predicted molar refractivity (Wildman–Crippen MR) is 35.3 cm³/mol. The highest BCUT2D eigenvalue weighted by Gasteiger charge is 1.94. The van der Waals surface area contributed by atoms with Crippen molar-refractivity contribution >= 4 is 15.9 Å². The van der Waals surface area contributed by atoms with Gasteiger partial charge in [0.15, 0.2) is 6.20 Å². The van der Waals surface area contributed by atoms with Crippen molar-refractivity contribution in [3.8, 4) is 0 Å². The molecular formula is C6H7BrN+. The van der Waals surface area contributed by atoms with Crippen molar-refractivity contribution in [3.05, 3.63) is 29.0 Å². The van der Waals surface area contributed by atoms with Gasteiger partial charge in [0.05, 0.1) is 0 Å². The number of nitrogens with zero attached hydrogens (tertiary/aromatic N) is 1. The van der Waals surface area contributed by atoms with Crippen LogP contribution in [0.25, 0.3) is 0 Å². The summed E-state index contributed by atoms with van der Waals surface area (Å²) in [7, 11) is 1.99. The number of hydrogen-bond donors (Lipinski definition) is 0. The number of aromatic nitrogens is 1. The molecule has 1 rings (SSSR count). The topological polar surface area (TPSA) is 3.88 Å². The van der Waals surface area contributed by atoms with Crippen LogP contribution in [0, 0.1) is 0 Å². The third-order valence-electron chi connectivity index (χ3n) is 0.991. The molecule has 1 heterocycles. The van der Waals surface area contributed by atoms with Crippen LogP contribution >= 0.6 is 15.9 Å². The molecule has 1 aromatic heterocycles. The summed E-state index contributed by atoms with van der Waals surface area (Å²) in [6.07, 6.45) is 1.99. The molecule has 0 saturated carbocycles. The number of hydrogen-bond acceptors (Lipinski definition) is 0. The van der Waals surface area contributed by atoms with E-state index in [0.29, 0.717) is 0 Å². The molecule has 0 aliphatic rings. The molecule has 0 fully saturated rings. The summed E-state index contributed by atoms with van der Waals surface area (Å²) in [4.78, 5) is 0. The van der Waals surface area contributed by atoms with E-state index in [4.69, 9.17) is 0 Å². The second kappa shape index (κ2) is 2.27. The van der Waals surface area contributed by atoms with Crippen LogP contribution in [0.15, 0.2) is 29.0 Å². The van der Waals surface area contributed by atoms with Crippen molar-refractivity contribution in [3.63, 3.8) is 0 Å². The van der Waals surface area contributed by atoms with Gasteiger partial charge in [0, 0.05) is 28.1 Å². The van der Waals surface area contributed by atoms with Crippen LogP contribution in [0.2, 0.25) is 0 Å². The smallest absolute Gasteiger partial charge is 0.196 e. The molecule has 2 heteroatoms. The van der Waals surface area contributed by atoms with Crippen LogP contribution in [-0.4, -0.2) is 0 Å². The van der Waals surface area contributed by atoms with Crippen LogP contribution in [0.5, 0.6) is 0 Å². The van der Waals surface area contributed by atoms with E-state index in [1.807, 2.05) is 36.0 Å². The summed E-state index contributed by atoms with van der Waals surface area (Å²) in [6, 6.07) is 5.98. The molecule has 1 aromatic rings. The Labute approximate surface area is 57.1 Å². The summed E-state index contributed by atoms with van der Waals surface area (Å²) in [6.45, 7) is 0. The fourth-order valence-electron chi connectivity index (χ4n) is 0.503. The van der Waals surface area contributed by atoms with E-state index >= 15 is 0 Å². The molecule has 0 bridgehead atoms. The first-order valence-electron chi connectivity index (χ1n) is 2.41. The van der Waals surface area contributed by atoms with Crippen molar-refractivity contribution in [2.45, 2.75) is 0 Å². The Kier molecular flexibility index (Phi) is 1.63. The standard InChI is InChI=1S/C6H7BrN/c1-8-5-3-2-4-6(8)7/h2-5H,1H3/q+1. The van der Waals surface area contributed by atoms with Crippen molar-refractivity contribution in [1.82, 2.24) is 0 Å². The van der Waals surface area contributed by atoms with Crippen molar-refractivity contribution in [2.75, 3.05) is 0 Å². The highest BCUT2D eigenvalue weighted by Crippen LogP contribution is 1.97. The van der Waals surface area contributed by atoms with Gasteiger partial charge in [-0.1, -0.05) is 0 Å². The zero-order valence-corrected chi connectivity index (χ0v) is 6.22. The molecule has 0 radical (unpaired) electrons. The van der Waals surface area contributed by atoms with Gasteiger partial charge in [-0.05, 0) is 6.07 Å². The van der Waals surface area contributed by atoms with E-state index in [0.717, 1.165) is 4.60 Å². The van der Waals surface area contributed by atoms with Crippen LogP contribution in [0.4, 0.5) is 0 Å². The third-order valence-corrected chi connectivity index (χ3v) is 1.82. The lowest BCUT2D eigenvalue weighted by Crippen LogP contribution is -2.28. The molecule has 0 aromatic carbocycles. The lowest BCUT2D eigenvalue weighted by molar-refractivity contribution is -0.682.